The minimum Gasteiger partial charge on any atom is -0.491 e. The van der Waals surface area contributed by atoms with Gasteiger partial charge in [0, 0.05) is 12.1 Å². The second-order valence-electron chi connectivity index (χ2n) is 4.51. The number of nitro groups is 1. The number of carbonyl (C=O) groups is 1. The molecule has 0 aromatic heterocycles. The van der Waals surface area contributed by atoms with Gasteiger partial charge in [-0.15, -0.1) is 0 Å². The van der Waals surface area contributed by atoms with E-state index in [1.807, 2.05) is 6.92 Å². The number of nitrogens with one attached hydrogen (secondary N) is 1. The molecule has 0 aliphatic rings. The number of esters is 1. The lowest BCUT2D eigenvalue weighted by Gasteiger charge is -2.27. The molecule has 0 aliphatic heterocycles. The molecule has 0 saturated carbocycles. The zero-order valence-electron chi connectivity index (χ0n) is 12.0. The number of rotatable bonds is 7. The molecule has 1 N–H and O–H groups in total. The Morgan fingerprint density at radius 3 is 2.67 bits per heavy atom. The summed E-state index contributed by atoms with van der Waals surface area (Å²) < 4.78 is 10.2. The summed E-state index contributed by atoms with van der Waals surface area (Å²) in [5.41, 5.74) is -1.22. The van der Waals surface area contributed by atoms with E-state index in [4.69, 9.17) is 21.1 Å². The Kier molecular flexibility index (Phi) is 5.92. The fourth-order valence-corrected chi connectivity index (χ4v) is 1.99. The van der Waals surface area contributed by atoms with E-state index < -0.39 is 16.4 Å². The average molecular weight is 317 g/mol. The Bertz CT molecular complexity index is 537. The summed E-state index contributed by atoms with van der Waals surface area (Å²) in [7, 11) is 1.29. The van der Waals surface area contributed by atoms with Crippen LogP contribution in [0.3, 0.4) is 0 Å². The highest BCUT2D eigenvalue weighted by molar-refractivity contribution is 6.32. The first-order valence-electron chi connectivity index (χ1n) is 6.24. The molecule has 0 spiro atoms. The highest BCUT2D eigenvalue weighted by Gasteiger charge is 2.34. The molecule has 1 rings (SSSR count). The van der Waals surface area contributed by atoms with Crippen LogP contribution in [-0.2, 0) is 9.53 Å². The summed E-state index contributed by atoms with van der Waals surface area (Å²) in [5.74, 6) is -0.129. The van der Waals surface area contributed by atoms with E-state index in [0.29, 0.717) is 12.3 Å². The maximum Gasteiger partial charge on any atom is 0.329 e. The van der Waals surface area contributed by atoms with Crippen molar-refractivity contribution in [3.63, 3.8) is 0 Å². The van der Waals surface area contributed by atoms with Gasteiger partial charge in [0.05, 0.1) is 12.0 Å². The van der Waals surface area contributed by atoms with Gasteiger partial charge in [-0.25, -0.2) is 4.79 Å². The van der Waals surface area contributed by atoms with Crippen molar-refractivity contribution in [2.24, 2.45) is 0 Å². The molecule has 1 aromatic rings. The standard InChI is InChI=1S/C13H17ClN2O5/c1-4-15-13(2,12(17)20-3)8-21-9-5-6-11(16(18)19)10(14)7-9/h5-7,15H,4,8H2,1-3H3. The monoisotopic (exact) mass is 316 g/mol. The van der Waals surface area contributed by atoms with Crippen molar-refractivity contribution in [2.45, 2.75) is 19.4 Å². The van der Waals surface area contributed by atoms with Gasteiger partial charge in [-0.05, 0) is 19.5 Å². The van der Waals surface area contributed by atoms with E-state index >= 15 is 0 Å². The molecule has 1 atom stereocenters. The minimum atomic E-state index is -1.02. The van der Waals surface area contributed by atoms with Crippen molar-refractivity contribution in [1.82, 2.24) is 5.32 Å². The number of halogens is 1. The number of likely N-dealkylation sites (N-methyl/N-ethyl adjacent to an activating group) is 1. The molecular weight excluding hydrogens is 300 g/mol. The summed E-state index contributed by atoms with van der Waals surface area (Å²) in [6.45, 7) is 4.05. The predicted molar refractivity (Wildman–Crippen MR) is 77.7 cm³/mol. The van der Waals surface area contributed by atoms with Crippen molar-refractivity contribution in [2.75, 3.05) is 20.3 Å². The fourth-order valence-electron chi connectivity index (χ4n) is 1.75. The highest BCUT2D eigenvalue weighted by Crippen LogP contribution is 2.28. The van der Waals surface area contributed by atoms with Gasteiger partial charge in [-0.3, -0.25) is 15.4 Å². The molecule has 0 heterocycles. The summed E-state index contributed by atoms with van der Waals surface area (Å²) >= 11 is 5.80. The third kappa shape index (κ3) is 4.30. The van der Waals surface area contributed by atoms with Crippen LogP contribution in [0.5, 0.6) is 5.75 Å². The highest BCUT2D eigenvalue weighted by atomic mass is 35.5. The lowest BCUT2D eigenvalue weighted by Crippen LogP contribution is -2.54. The second-order valence-corrected chi connectivity index (χ2v) is 4.92. The summed E-state index contributed by atoms with van der Waals surface area (Å²) in [6.07, 6.45) is 0. The van der Waals surface area contributed by atoms with Gasteiger partial charge >= 0.3 is 5.97 Å². The minimum absolute atomic E-state index is 0.00164. The van der Waals surface area contributed by atoms with Gasteiger partial charge < -0.3 is 9.47 Å². The number of methoxy groups -OCH3 is 1. The molecule has 1 aromatic carbocycles. The van der Waals surface area contributed by atoms with Crippen molar-refractivity contribution in [1.29, 1.82) is 0 Å². The molecule has 21 heavy (non-hydrogen) atoms. The summed E-state index contributed by atoms with van der Waals surface area (Å²) in [4.78, 5) is 21.9. The zero-order valence-corrected chi connectivity index (χ0v) is 12.8. The quantitative estimate of drug-likeness (QED) is 0.471. The van der Waals surface area contributed by atoms with E-state index in [1.165, 1.54) is 25.3 Å². The lowest BCUT2D eigenvalue weighted by molar-refractivity contribution is -0.384. The van der Waals surface area contributed by atoms with Crippen LogP contribution in [0.25, 0.3) is 0 Å². The van der Waals surface area contributed by atoms with Gasteiger partial charge in [0.2, 0.25) is 0 Å². The lowest BCUT2D eigenvalue weighted by atomic mass is 10.0. The topological polar surface area (TPSA) is 90.7 Å². The van der Waals surface area contributed by atoms with Crippen molar-refractivity contribution in [3.05, 3.63) is 33.3 Å². The molecule has 1 unspecified atom stereocenters. The number of carbonyl (C=O) groups excluding carboxylic acids is 1. The molecule has 0 bridgehead atoms. The van der Waals surface area contributed by atoms with E-state index in [9.17, 15) is 14.9 Å². The Labute approximate surface area is 127 Å². The van der Waals surface area contributed by atoms with Crippen LogP contribution in [0, 0.1) is 10.1 Å². The average Bonchev–Trinajstić information content (AvgIpc) is 2.44. The number of ether oxygens (including phenoxy) is 2. The first-order valence-corrected chi connectivity index (χ1v) is 6.62. The van der Waals surface area contributed by atoms with Crippen molar-refractivity contribution in [3.8, 4) is 5.75 Å². The van der Waals surface area contributed by atoms with Crippen LogP contribution in [0.4, 0.5) is 5.69 Å². The van der Waals surface area contributed by atoms with Gasteiger partial charge in [-0.1, -0.05) is 18.5 Å². The smallest absolute Gasteiger partial charge is 0.329 e. The van der Waals surface area contributed by atoms with Gasteiger partial charge in [-0.2, -0.15) is 0 Å². The Morgan fingerprint density at radius 1 is 1.52 bits per heavy atom. The summed E-state index contributed by atoms with van der Waals surface area (Å²) in [5, 5.41) is 13.6. The molecular formula is C13H17ClN2O5. The molecule has 0 saturated heterocycles. The van der Waals surface area contributed by atoms with Crippen LogP contribution in [-0.4, -0.2) is 36.7 Å². The zero-order chi connectivity index (χ0) is 16.0. The normalized spacial score (nSPS) is 13.3. The first-order chi connectivity index (χ1) is 9.84. The third-order valence-corrected chi connectivity index (χ3v) is 3.15. The van der Waals surface area contributed by atoms with Crippen LogP contribution < -0.4 is 10.1 Å². The van der Waals surface area contributed by atoms with Gasteiger partial charge in [0.15, 0.2) is 0 Å². The predicted octanol–water partition coefficient (Wildman–Crippen LogP) is 2.17. The van der Waals surface area contributed by atoms with Gasteiger partial charge in [0.25, 0.3) is 5.69 Å². The van der Waals surface area contributed by atoms with E-state index in [1.54, 1.807) is 6.92 Å². The maximum atomic E-state index is 11.8. The molecule has 0 fully saturated rings. The van der Waals surface area contributed by atoms with Crippen molar-refractivity contribution < 1.29 is 19.2 Å². The number of hydrogen-bond donors (Lipinski definition) is 1. The second kappa shape index (κ2) is 7.24. The van der Waals surface area contributed by atoms with E-state index in [-0.39, 0.29) is 17.3 Å². The Balaban J connectivity index is 2.83. The molecule has 0 radical (unpaired) electrons. The van der Waals surface area contributed by atoms with Crippen LogP contribution in [0.2, 0.25) is 5.02 Å². The van der Waals surface area contributed by atoms with Crippen LogP contribution in [0.1, 0.15) is 13.8 Å². The molecule has 8 heteroatoms. The molecule has 116 valence electrons. The number of hydrogen-bond acceptors (Lipinski definition) is 6. The molecule has 0 amide bonds. The van der Waals surface area contributed by atoms with Crippen molar-refractivity contribution >= 4 is 23.3 Å². The van der Waals surface area contributed by atoms with E-state index in [0.717, 1.165) is 0 Å². The third-order valence-electron chi connectivity index (χ3n) is 2.85. The fraction of sp³-hybridized carbons (Fsp3) is 0.462. The van der Waals surface area contributed by atoms with Gasteiger partial charge in [0.1, 0.15) is 22.9 Å². The Hall–Kier alpha value is -1.86. The number of benzene rings is 1. The van der Waals surface area contributed by atoms with E-state index in [2.05, 4.69) is 5.32 Å². The van der Waals surface area contributed by atoms with Crippen LogP contribution in [0.15, 0.2) is 18.2 Å². The van der Waals surface area contributed by atoms with Crippen LogP contribution >= 0.6 is 11.6 Å². The SMILES string of the molecule is CCNC(C)(COc1ccc([N+](=O)[O-])c(Cl)c1)C(=O)OC. The Morgan fingerprint density at radius 2 is 2.19 bits per heavy atom. The molecule has 0 aliphatic carbocycles. The number of nitro benzene ring substituents is 1. The number of nitrogens with zero attached hydrogens (tertiary/aromatic N) is 1. The summed E-state index contributed by atoms with van der Waals surface area (Å²) in [6, 6.07) is 4.01. The first kappa shape index (κ1) is 17.2. The maximum absolute atomic E-state index is 11.8. The molecule has 7 nitrogen and oxygen atoms in total. The largest absolute Gasteiger partial charge is 0.491 e.